The van der Waals surface area contributed by atoms with Crippen molar-refractivity contribution in [3.8, 4) is 5.75 Å². The molecular formula is C18H17ClFNO4. The first kappa shape index (κ1) is 18.7. The van der Waals surface area contributed by atoms with Crippen LogP contribution in [0.3, 0.4) is 0 Å². The van der Waals surface area contributed by atoms with Crippen molar-refractivity contribution in [1.29, 1.82) is 0 Å². The minimum atomic E-state index is -0.658. The van der Waals surface area contributed by atoms with Gasteiger partial charge in [0.15, 0.2) is 6.61 Å². The molecule has 0 fully saturated rings. The maximum atomic E-state index is 13.5. The molecule has 25 heavy (non-hydrogen) atoms. The molecule has 0 radical (unpaired) electrons. The van der Waals surface area contributed by atoms with Crippen molar-refractivity contribution in [2.45, 2.75) is 13.3 Å². The van der Waals surface area contributed by atoms with E-state index >= 15 is 0 Å². The van der Waals surface area contributed by atoms with Crippen molar-refractivity contribution in [2.75, 3.05) is 18.5 Å². The van der Waals surface area contributed by atoms with E-state index in [2.05, 4.69) is 5.32 Å². The molecule has 0 aromatic heterocycles. The lowest BCUT2D eigenvalue weighted by atomic mass is 10.2. The number of rotatable bonds is 7. The second kappa shape index (κ2) is 9.03. The number of benzene rings is 2. The second-order valence-electron chi connectivity index (χ2n) is 5.25. The lowest BCUT2D eigenvalue weighted by Crippen LogP contribution is -2.22. The highest BCUT2D eigenvalue weighted by molar-refractivity contribution is 6.30. The maximum absolute atomic E-state index is 13.5. The average Bonchev–Trinajstić information content (AvgIpc) is 2.56. The van der Waals surface area contributed by atoms with Crippen LogP contribution in [0.1, 0.15) is 12.0 Å². The number of nitrogens with one attached hydrogen (secondary N) is 1. The van der Waals surface area contributed by atoms with Gasteiger partial charge in [0.1, 0.15) is 11.6 Å². The fourth-order valence-electron chi connectivity index (χ4n) is 1.96. The van der Waals surface area contributed by atoms with E-state index in [9.17, 15) is 14.0 Å². The van der Waals surface area contributed by atoms with E-state index in [4.69, 9.17) is 21.1 Å². The van der Waals surface area contributed by atoms with Gasteiger partial charge >= 0.3 is 5.97 Å². The summed E-state index contributed by atoms with van der Waals surface area (Å²) in [6.45, 7) is 1.55. The number of halogens is 2. The molecule has 0 aliphatic carbocycles. The van der Waals surface area contributed by atoms with Crippen LogP contribution in [0.15, 0.2) is 42.5 Å². The molecule has 7 heteroatoms. The van der Waals surface area contributed by atoms with Gasteiger partial charge in [-0.1, -0.05) is 23.7 Å². The van der Waals surface area contributed by atoms with Crippen LogP contribution in [-0.4, -0.2) is 25.1 Å². The number of hydrogen-bond acceptors (Lipinski definition) is 4. The second-order valence-corrected chi connectivity index (χ2v) is 5.68. The molecule has 0 unspecified atom stereocenters. The number of carbonyl (C=O) groups excluding carboxylic acids is 2. The molecular weight excluding hydrogens is 349 g/mol. The smallest absolute Gasteiger partial charge is 0.309 e. The summed E-state index contributed by atoms with van der Waals surface area (Å²) in [5.74, 6) is -1.22. The van der Waals surface area contributed by atoms with Gasteiger partial charge in [-0.3, -0.25) is 9.59 Å². The Bertz CT molecular complexity index is 766. The monoisotopic (exact) mass is 365 g/mol. The first-order chi connectivity index (χ1) is 11.9. The normalized spacial score (nSPS) is 10.2. The molecule has 2 aromatic rings. The van der Waals surface area contributed by atoms with Gasteiger partial charge in [0.05, 0.1) is 18.7 Å². The predicted molar refractivity (Wildman–Crippen MR) is 92.3 cm³/mol. The van der Waals surface area contributed by atoms with Crippen LogP contribution in [-0.2, 0) is 14.3 Å². The van der Waals surface area contributed by atoms with Gasteiger partial charge < -0.3 is 14.8 Å². The maximum Gasteiger partial charge on any atom is 0.309 e. The van der Waals surface area contributed by atoms with Crippen LogP contribution < -0.4 is 10.1 Å². The predicted octanol–water partition coefficient (Wildman–Crippen LogP) is 3.74. The van der Waals surface area contributed by atoms with Crippen LogP contribution in [0.25, 0.3) is 0 Å². The van der Waals surface area contributed by atoms with Crippen molar-refractivity contribution in [1.82, 2.24) is 0 Å². The summed E-state index contributed by atoms with van der Waals surface area (Å²) in [6, 6.07) is 11.2. The van der Waals surface area contributed by atoms with Gasteiger partial charge in [0, 0.05) is 5.02 Å². The molecule has 2 rings (SSSR count). The van der Waals surface area contributed by atoms with Crippen LogP contribution >= 0.6 is 11.6 Å². The largest absolute Gasteiger partial charge is 0.493 e. The Morgan fingerprint density at radius 1 is 1.20 bits per heavy atom. The van der Waals surface area contributed by atoms with Gasteiger partial charge in [0.2, 0.25) is 0 Å². The Morgan fingerprint density at radius 2 is 2.00 bits per heavy atom. The molecule has 1 amide bonds. The van der Waals surface area contributed by atoms with Crippen LogP contribution in [0.4, 0.5) is 10.1 Å². The Hall–Kier alpha value is -2.60. The summed E-state index contributed by atoms with van der Waals surface area (Å²) in [7, 11) is 0. The van der Waals surface area contributed by atoms with Gasteiger partial charge in [-0.2, -0.15) is 0 Å². The zero-order valence-corrected chi connectivity index (χ0v) is 14.3. The van der Waals surface area contributed by atoms with Crippen LogP contribution in [0, 0.1) is 12.7 Å². The quantitative estimate of drug-likeness (QED) is 0.759. The molecule has 2 aromatic carbocycles. The van der Waals surface area contributed by atoms with Gasteiger partial charge in [0.25, 0.3) is 5.91 Å². The fraction of sp³-hybridized carbons (Fsp3) is 0.222. The number of ether oxygens (including phenoxy) is 2. The Balaban J connectivity index is 1.70. The minimum absolute atomic E-state index is 0.00719. The first-order valence-electron chi connectivity index (χ1n) is 7.54. The molecule has 0 atom stereocenters. The van der Waals surface area contributed by atoms with Crippen LogP contribution in [0.2, 0.25) is 5.02 Å². The highest BCUT2D eigenvalue weighted by atomic mass is 35.5. The van der Waals surface area contributed by atoms with Crippen molar-refractivity contribution in [2.24, 2.45) is 0 Å². The third-order valence-electron chi connectivity index (χ3n) is 3.13. The topological polar surface area (TPSA) is 64.6 Å². The van der Waals surface area contributed by atoms with Crippen molar-refractivity contribution in [3.63, 3.8) is 0 Å². The first-order valence-corrected chi connectivity index (χ1v) is 7.92. The molecule has 0 bridgehead atoms. The van der Waals surface area contributed by atoms with Crippen molar-refractivity contribution in [3.05, 3.63) is 58.9 Å². The third kappa shape index (κ3) is 6.43. The zero-order chi connectivity index (χ0) is 18.2. The number of aryl methyl sites for hydroxylation is 1. The minimum Gasteiger partial charge on any atom is -0.493 e. The Morgan fingerprint density at radius 3 is 2.76 bits per heavy atom. The number of carbonyl (C=O) groups is 2. The number of amides is 1. The summed E-state index contributed by atoms with van der Waals surface area (Å²) in [6.07, 6.45) is -0.00719. The zero-order valence-electron chi connectivity index (χ0n) is 13.6. The highest BCUT2D eigenvalue weighted by Gasteiger charge is 2.11. The Labute approximate surface area is 149 Å². The SMILES string of the molecule is Cc1cccc(OCCC(=O)OCC(=O)Nc2cc(Cl)ccc2F)c1. The number of anilines is 1. The average molecular weight is 366 g/mol. The molecule has 1 N–H and O–H groups in total. The Kier molecular flexibility index (Phi) is 6.77. The third-order valence-corrected chi connectivity index (χ3v) is 3.37. The summed E-state index contributed by atoms with van der Waals surface area (Å²) < 4.78 is 23.7. The van der Waals surface area contributed by atoms with E-state index < -0.39 is 24.3 Å². The standard InChI is InChI=1S/C18H17ClFNO4/c1-12-3-2-4-14(9-12)24-8-7-18(23)25-11-17(22)21-16-10-13(19)5-6-15(16)20/h2-6,9-10H,7-8,11H2,1H3,(H,21,22). The van der Waals surface area contributed by atoms with Crippen molar-refractivity contribution < 1.29 is 23.5 Å². The van der Waals surface area contributed by atoms with E-state index in [1.54, 1.807) is 6.07 Å². The molecule has 0 spiro atoms. The summed E-state index contributed by atoms with van der Waals surface area (Å²) in [5.41, 5.74) is 0.973. The summed E-state index contributed by atoms with van der Waals surface area (Å²) >= 11 is 5.73. The van der Waals surface area contributed by atoms with E-state index in [1.165, 1.54) is 12.1 Å². The molecule has 5 nitrogen and oxygen atoms in total. The number of esters is 1. The summed E-state index contributed by atoms with van der Waals surface area (Å²) in [5, 5.41) is 2.57. The molecule has 0 saturated carbocycles. The molecule has 0 aliphatic heterocycles. The fourth-order valence-corrected chi connectivity index (χ4v) is 2.13. The van der Waals surface area contributed by atoms with Crippen molar-refractivity contribution >= 4 is 29.2 Å². The van der Waals surface area contributed by atoms with Gasteiger partial charge in [-0.25, -0.2) is 4.39 Å². The lowest BCUT2D eigenvalue weighted by Gasteiger charge is -2.09. The van der Waals surface area contributed by atoms with E-state index in [-0.39, 0.29) is 23.7 Å². The van der Waals surface area contributed by atoms with E-state index in [0.717, 1.165) is 11.6 Å². The number of hydrogen-bond donors (Lipinski definition) is 1. The van der Waals surface area contributed by atoms with Gasteiger partial charge in [-0.15, -0.1) is 0 Å². The van der Waals surface area contributed by atoms with Crippen LogP contribution in [0.5, 0.6) is 5.75 Å². The molecule has 0 heterocycles. The molecule has 132 valence electrons. The van der Waals surface area contributed by atoms with Gasteiger partial charge in [-0.05, 0) is 42.8 Å². The lowest BCUT2D eigenvalue weighted by molar-refractivity contribution is -0.147. The molecule has 0 saturated heterocycles. The highest BCUT2D eigenvalue weighted by Crippen LogP contribution is 2.19. The van der Waals surface area contributed by atoms with E-state index in [0.29, 0.717) is 5.75 Å². The summed E-state index contributed by atoms with van der Waals surface area (Å²) in [4.78, 5) is 23.3. The van der Waals surface area contributed by atoms with E-state index in [1.807, 2.05) is 25.1 Å². The molecule has 0 aliphatic rings.